The maximum absolute atomic E-state index is 5.53. The summed E-state index contributed by atoms with van der Waals surface area (Å²) in [6.07, 6.45) is 2.05. The third kappa shape index (κ3) is 5.35. The maximum atomic E-state index is 5.53. The smallest absolute Gasteiger partial charge is 0.0366 e. The molecule has 0 spiro atoms. The molecule has 0 aromatic heterocycles. The molecule has 0 saturated heterocycles. The summed E-state index contributed by atoms with van der Waals surface area (Å²) < 4.78 is 0. The molecule has 0 bridgehead atoms. The van der Waals surface area contributed by atoms with E-state index in [-0.39, 0.29) is 12.4 Å². The van der Waals surface area contributed by atoms with Crippen LogP contribution in [0.2, 0.25) is 0 Å². The molecule has 0 heterocycles. The molecular weight excluding hydrogens is 222 g/mol. The van der Waals surface area contributed by atoms with Crippen LogP contribution in [0.5, 0.6) is 0 Å². The van der Waals surface area contributed by atoms with Crippen molar-refractivity contribution >= 4 is 18.1 Å². The summed E-state index contributed by atoms with van der Waals surface area (Å²) in [5, 5.41) is 0. The highest BCUT2D eigenvalue weighted by molar-refractivity contribution is 5.85. The molecule has 0 aliphatic carbocycles. The zero-order chi connectivity index (χ0) is 10.9. The van der Waals surface area contributed by atoms with Gasteiger partial charge in [-0.25, -0.2) is 0 Å². The van der Waals surface area contributed by atoms with Crippen molar-refractivity contribution in [2.45, 2.75) is 12.8 Å². The van der Waals surface area contributed by atoms with E-state index in [2.05, 4.69) is 29.2 Å². The van der Waals surface area contributed by atoms with Crippen LogP contribution in [-0.2, 0) is 0 Å². The summed E-state index contributed by atoms with van der Waals surface area (Å²) in [5.74, 6) is 0. The van der Waals surface area contributed by atoms with E-state index in [0.717, 1.165) is 39.0 Å². The van der Waals surface area contributed by atoms with Crippen molar-refractivity contribution in [1.29, 1.82) is 0 Å². The Bertz CT molecular complexity index is 246. The van der Waals surface area contributed by atoms with Crippen LogP contribution < -0.4 is 16.4 Å². The lowest BCUT2D eigenvalue weighted by Gasteiger charge is -2.24. The minimum atomic E-state index is 0. The third-order valence-electron chi connectivity index (χ3n) is 2.39. The van der Waals surface area contributed by atoms with Crippen molar-refractivity contribution < 1.29 is 0 Å². The Morgan fingerprint density at radius 3 is 1.81 bits per heavy atom. The van der Waals surface area contributed by atoms with E-state index >= 15 is 0 Å². The van der Waals surface area contributed by atoms with Crippen LogP contribution in [0.3, 0.4) is 0 Å². The zero-order valence-electron chi connectivity index (χ0n) is 9.64. The summed E-state index contributed by atoms with van der Waals surface area (Å²) in [6.45, 7) is 3.51. The van der Waals surface area contributed by atoms with Gasteiger partial charge in [0.2, 0.25) is 0 Å². The second kappa shape index (κ2) is 9.46. The molecule has 1 aromatic rings. The highest BCUT2D eigenvalue weighted by atomic mass is 35.5. The second-order valence-electron chi connectivity index (χ2n) is 3.61. The summed E-state index contributed by atoms with van der Waals surface area (Å²) in [6, 6.07) is 10.4. The quantitative estimate of drug-likeness (QED) is 0.765. The summed E-state index contributed by atoms with van der Waals surface area (Å²) >= 11 is 0. The molecule has 1 rings (SSSR count). The number of hydrogen-bond donors (Lipinski definition) is 2. The molecular formula is C12H22ClN3. The van der Waals surface area contributed by atoms with Gasteiger partial charge in [-0.3, -0.25) is 0 Å². The molecule has 0 aliphatic heterocycles. The fraction of sp³-hybridized carbons (Fsp3) is 0.500. The van der Waals surface area contributed by atoms with Crippen molar-refractivity contribution in [1.82, 2.24) is 0 Å². The van der Waals surface area contributed by atoms with Crippen molar-refractivity contribution in [3.63, 3.8) is 0 Å². The minimum Gasteiger partial charge on any atom is -0.371 e. The molecule has 0 unspecified atom stereocenters. The number of benzene rings is 1. The average molecular weight is 244 g/mol. The number of nitrogens with two attached hydrogens (primary N) is 2. The van der Waals surface area contributed by atoms with Gasteiger partial charge < -0.3 is 16.4 Å². The molecule has 0 saturated carbocycles. The van der Waals surface area contributed by atoms with E-state index in [9.17, 15) is 0 Å². The van der Waals surface area contributed by atoms with Gasteiger partial charge in [0.25, 0.3) is 0 Å². The molecule has 0 radical (unpaired) electrons. The van der Waals surface area contributed by atoms with Crippen molar-refractivity contribution in [3.05, 3.63) is 30.3 Å². The third-order valence-corrected chi connectivity index (χ3v) is 2.39. The maximum Gasteiger partial charge on any atom is 0.0366 e. The van der Waals surface area contributed by atoms with Gasteiger partial charge in [-0.1, -0.05) is 18.2 Å². The number of para-hydroxylation sites is 1. The van der Waals surface area contributed by atoms with Crippen LogP contribution in [0.1, 0.15) is 12.8 Å². The van der Waals surface area contributed by atoms with Crippen LogP contribution in [0.4, 0.5) is 5.69 Å². The molecule has 16 heavy (non-hydrogen) atoms. The van der Waals surface area contributed by atoms with Gasteiger partial charge in [0.05, 0.1) is 0 Å². The van der Waals surface area contributed by atoms with E-state index < -0.39 is 0 Å². The van der Waals surface area contributed by atoms with E-state index in [0.29, 0.717) is 0 Å². The second-order valence-corrected chi connectivity index (χ2v) is 3.61. The van der Waals surface area contributed by atoms with Crippen LogP contribution in [0, 0.1) is 0 Å². The predicted octanol–water partition coefficient (Wildman–Crippen LogP) is 1.61. The Hall–Kier alpha value is -0.770. The number of halogens is 1. The summed E-state index contributed by atoms with van der Waals surface area (Å²) in [4.78, 5) is 2.35. The first-order valence-corrected chi connectivity index (χ1v) is 5.58. The molecule has 0 aliphatic rings. The first-order valence-electron chi connectivity index (χ1n) is 5.58. The van der Waals surface area contributed by atoms with E-state index in [4.69, 9.17) is 11.5 Å². The summed E-state index contributed by atoms with van der Waals surface area (Å²) in [5.41, 5.74) is 12.3. The Morgan fingerprint density at radius 2 is 1.38 bits per heavy atom. The highest BCUT2D eigenvalue weighted by Crippen LogP contribution is 2.13. The Morgan fingerprint density at radius 1 is 0.875 bits per heavy atom. The minimum absolute atomic E-state index is 0. The van der Waals surface area contributed by atoms with E-state index in [1.807, 2.05) is 6.07 Å². The van der Waals surface area contributed by atoms with Crippen LogP contribution in [-0.4, -0.2) is 26.2 Å². The van der Waals surface area contributed by atoms with Gasteiger partial charge in [-0.2, -0.15) is 0 Å². The molecule has 1 aromatic carbocycles. The first kappa shape index (κ1) is 15.2. The lowest BCUT2D eigenvalue weighted by molar-refractivity contribution is 0.702. The molecule has 3 nitrogen and oxygen atoms in total. The van der Waals surface area contributed by atoms with Gasteiger partial charge in [0, 0.05) is 18.8 Å². The monoisotopic (exact) mass is 243 g/mol. The van der Waals surface area contributed by atoms with Crippen LogP contribution in [0.25, 0.3) is 0 Å². The van der Waals surface area contributed by atoms with Gasteiger partial charge in [0.1, 0.15) is 0 Å². The number of anilines is 1. The zero-order valence-corrected chi connectivity index (χ0v) is 10.5. The van der Waals surface area contributed by atoms with E-state index in [1.54, 1.807) is 0 Å². The first-order chi connectivity index (χ1) is 7.38. The van der Waals surface area contributed by atoms with Gasteiger partial charge in [-0.15, -0.1) is 12.4 Å². The Labute approximate surface area is 104 Å². The highest BCUT2D eigenvalue weighted by Gasteiger charge is 2.03. The van der Waals surface area contributed by atoms with E-state index in [1.165, 1.54) is 5.69 Å². The lowest BCUT2D eigenvalue weighted by Crippen LogP contribution is -2.28. The van der Waals surface area contributed by atoms with Crippen molar-refractivity contribution in [3.8, 4) is 0 Å². The normalized spacial score (nSPS) is 9.62. The number of rotatable bonds is 7. The number of hydrogen-bond acceptors (Lipinski definition) is 3. The van der Waals surface area contributed by atoms with Crippen molar-refractivity contribution in [2.24, 2.45) is 11.5 Å². The van der Waals surface area contributed by atoms with Gasteiger partial charge in [0.15, 0.2) is 0 Å². The summed E-state index contributed by atoms with van der Waals surface area (Å²) in [7, 11) is 0. The average Bonchev–Trinajstić information content (AvgIpc) is 2.30. The molecule has 0 atom stereocenters. The predicted molar refractivity (Wildman–Crippen MR) is 73.2 cm³/mol. The fourth-order valence-electron chi connectivity index (χ4n) is 1.57. The van der Waals surface area contributed by atoms with Crippen LogP contribution in [0.15, 0.2) is 30.3 Å². The largest absolute Gasteiger partial charge is 0.371 e. The fourth-order valence-corrected chi connectivity index (χ4v) is 1.57. The molecule has 92 valence electrons. The standard InChI is InChI=1S/C12H21N3.ClH/c13-8-4-10-15(11-5-9-14)12-6-2-1-3-7-12;/h1-3,6-7H,4-5,8-11,13-14H2;1H. The molecule has 4 heteroatoms. The lowest BCUT2D eigenvalue weighted by atomic mass is 10.2. The van der Waals surface area contributed by atoms with Gasteiger partial charge in [-0.05, 0) is 38.1 Å². The SMILES string of the molecule is Cl.NCCCN(CCCN)c1ccccc1. The Kier molecular flexibility index (Phi) is 9.00. The molecule has 4 N–H and O–H groups in total. The van der Waals surface area contributed by atoms with Crippen LogP contribution >= 0.6 is 12.4 Å². The van der Waals surface area contributed by atoms with Crippen molar-refractivity contribution in [2.75, 3.05) is 31.1 Å². The number of nitrogens with zero attached hydrogens (tertiary/aromatic N) is 1. The Balaban J connectivity index is 0.00000225. The molecule has 0 amide bonds. The topological polar surface area (TPSA) is 55.3 Å². The van der Waals surface area contributed by atoms with Gasteiger partial charge >= 0.3 is 0 Å². The molecule has 0 fully saturated rings.